The Morgan fingerprint density at radius 3 is 1.57 bits per heavy atom. The highest BCUT2D eigenvalue weighted by Crippen LogP contribution is 2.25. The minimum absolute atomic E-state index is 0.202. The summed E-state index contributed by atoms with van der Waals surface area (Å²) < 4.78 is 0. The minimum atomic E-state index is -1.04. The molecule has 2 fully saturated rings. The zero-order valence-electron chi connectivity index (χ0n) is 15.6. The highest BCUT2D eigenvalue weighted by atomic mass is 33.1. The van der Waals surface area contributed by atoms with Crippen LogP contribution in [0.1, 0.15) is 38.5 Å². The molecular formula is C16H28N4O6S2-2. The first-order chi connectivity index (χ1) is 13.4. The Balaban J connectivity index is 1.75. The Hall–Kier alpha value is -0.600. The highest BCUT2D eigenvalue weighted by Gasteiger charge is 2.26. The topological polar surface area (TPSA) is 151 Å². The normalized spacial score (nSPS) is 26.6. The van der Waals surface area contributed by atoms with Crippen molar-refractivity contribution in [2.45, 2.75) is 62.9 Å². The molecule has 2 aliphatic heterocycles. The zero-order chi connectivity index (χ0) is 20.5. The molecule has 12 heteroatoms. The molecule has 0 spiro atoms. The first-order valence-electron chi connectivity index (χ1n) is 9.48. The Bertz CT molecular complexity index is 474. The van der Waals surface area contributed by atoms with Gasteiger partial charge in [0.15, 0.2) is 0 Å². The average molecular weight is 437 g/mol. The van der Waals surface area contributed by atoms with Crippen molar-refractivity contribution in [1.82, 2.24) is 20.8 Å². The molecule has 2 aliphatic rings. The standard InChI is InChI=1S/C16H28N4O6S2/c21-15(22)11(17-13-5-1-3-7-19(13)25)9-27-28-10-12(16(23)24)18-14-6-2-4-8-20(14)26/h11-14,17-18H,1-10H2,(H,21,22)(H,23,24)/q-2/t11-,12-,13?,14?/m0/s1. The van der Waals surface area contributed by atoms with E-state index in [1.165, 1.54) is 21.6 Å². The van der Waals surface area contributed by atoms with Crippen molar-refractivity contribution < 1.29 is 19.8 Å². The Morgan fingerprint density at radius 1 is 0.857 bits per heavy atom. The van der Waals surface area contributed by atoms with Gasteiger partial charge in [-0.25, -0.2) is 0 Å². The summed E-state index contributed by atoms with van der Waals surface area (Å²) in [5.74, 6) is -1.67. The molecule has 0 saturated carbocycles. The zero-order valence-corrected chi connectivity index (χ0v) is 17.3. The molecule has 4 N–H and O–H groups in total. The van der Waals surface area contributed by atoms with Crippen LogP contribution in [0.25, 0.3) is 0 Å². The Morgan fingerprint density at radius 2 is 1.25 bits per heavy atom. The van der Waals surface area contributed by atoms with Crippen molar-refractivity contribution in [1.29, 1.82) is 0 Å². The van der Waals surface area contributed by atoms with E-state index in [-0.39, 0.29) is 11.5 Å². The van der Waals surface area contributed by atoms with Gasteiger partial charge in [0, 0.05) is 23.8 Å². The quantitative estimate of drug-likeness (QED) is 0.271. The van der Waals surface area contributed by atoms with Crippen LogP contribution in [0.3, 0.4) is 0 Å². The lowest BCUT2D eigenvalue weighted by molar-refractivity contribution is -0.140. The summed E-state index contributed by atoms with van der Waals surface area (Å²) in [6.45, 7) is 0.797. The van der Waals surface area contributed by atoms with Gasteiger partial charge in [0.1, 0.15) is 12.1 Å². The maximum Gasteiger partial charge on any atom is 0.321 e. The number of hydrogen-bond donors (Lipinski definition) is 4. The number of hydrogen-bond acceptors (Lipinski definition) is 10. The van der Waals surface area contributed by atoms with Crippen molar-refractivity contribution in [3.8, 4) is 0 Å². The number of aliphatic carboxylic acids is 2. The molecule has 2 unspecified atom stereocenters. The predicted molar refractivity (Wildman–Crippen MR) is 109 cm³/mol. The maximum atomic E-state index is 11.8. The fraction of sp³-hybridized carbons (Fsp3) is 0.875. The van der Waals surface area contributed by atoms with Gasteiger partial charge in [0.25, 0.3) is 0 Å². The largest absolute Gasteiger partial charge is 0.784 e. The molecule has 2 saturated heterocycles. The third-order valence-corrected chi connectivity index (χ3v) is 7.27. The highest BCUT2D eigenvalue weighted by molar-refractivity contribution is 8.76. The van der Waals surface area contributed by atoms with Crippen LogP contribution in [0.2, 0.25) is 0 Å². The van der Waals surface area contributed by atoms with Crippen LogP contribution >= 0.6 is 21.6 Å². The lowest BCUT2D eigenvalue weighted by Gasteiger charge is -2.42. The van der Waals surface area contributed by atoms with Gasteiger partial charge >= 0.3 is 11.9 Å². The number of piperidine rings is 2. The number of carboxylic acids is 2. The molecule has 0 aromatic carbocycles. The van der Waals surface area contributed by atoms with Gasteiger partial charge in [-0.05, 0) is 51.6 Å². The number of carboxylic acid groups (broad SMARTS) is 2. The first-order valence-corrected chi connectivity index (χ1v) is 12.0. The molecule has 0 aliphatic carbocycles. The summed E-state index contributed by atoms with van der Waals surface area (Å²) >= 11 is 0. The number of rotatable bonds is 11. The fourth-order valence-corrected chi connectivity index (χ4v) is 5.56. The van der Waals surface area contributed by atoms with Crippen LogP contribution in [0.4, 0.5) is 0 Å². The molecule has 0 radical (unpaired) electrons. The van der Waals surface area contributed by atoms with Gasteiger partial charge in [-0.3, -0.25) is 20.2 Å². The molecule has 4 atom stereocenters. The van der Waals surface area contributed by atoms with Gasteiger partial charge in [0.05, 0.1) is 0 Å². The fourth-order valence-electron chi connectivity index (χ4n) is 3.22. The van der Waals surface area contributed by atoms with Gasteiger partial charge in [-0.2, -0.15) is 0 Å². The maximum absolute atomic E-state index is 11.8. The molecule has 10 nitrogen and oxygen atoms in total. The molecule has 0 aromatic heterocycles. The monoisotopic (exact) mass is 436 g/mol. The number of nitrogens with one attached hydrogen (secondary N) is 2. The molecule has 28 heavy (non-hydrogen) atoms. The smallest absolute Gasteiger partial charge is 0.321 e. The molecule has 2 rings (SSSR count). The van der Waals surface area contributed by atoms with E-state index >= 15 is 0 Å². The Labute approximate surface area is 172 Å². The van der Waals surface area contributed by atoms with Crippen LogP contribution in [0, 0.1) is 10.4 Å². The Kier molecular flexibility index (Phi) is 10.3. The molecule has 0 aromatic rings. The van der Waals surface area contributed by atoms with Gasteiger partial charge in [-0.15, -0.1) is 0 Å². The van der Waals surface area contributed by atoms with Crippen LogP contribution in [0.5, 0.6) is 0 Å². The van der Waals surface area contributed by atoms with Crippen LogP contribution in [0.15, 0.2) is 0 Å². The van der Waals surface area contributed by atoms with Crippen LogP contribution in [-0.2, 0) is 9.59 Å². The van der Waals surface area contributed by atoms with E-state index in [0.717, 1.165) is 35.8 Å². The third kappa shape index (κ3) is 7.67. The van der Waals surface area contributed by atoms with Crippen molar-refractivity contribution in [2.75, 3.05) is 24.6 Å². The van der Waals surface area contributed by atoms with Gasteiger partial charge < -0.3 is 30.8 Å². The van der Waals surface area contributed by atoms with Crippen LogP contribution < -0.4 is 10.6 Å². The summed E-state index contributed by atoms with van der Waals surface area (Å²) in [4.78, 5) is 22.9. The molecular weight excluding hydrogens is 408 g/mol. The van der Waals surface area contributed by atoms with Crippen molar-refractivity contribution in [2.24, 2.45) is 0 Å². The molecule has 0 amide bonds. The summed E-state index contributed by atoms with van der Waals surface area (Å²) in [5.41, 5.74) is 0. The second-order valence-corrected chi connectivity index (χ2v) is 9.54. The molecule has 0 bridgehead atoms. The van der Waals surface area contributed by atoms with Crippen molar-refractivity contribution >= 4 is 33.5 Å². The van der Waals surface area contributed by atoms with E-state index in [0.29, 0.717) is 25.9 Å². The van der Waals surface area contributed by atoms with E-state index in [2.05, 4.69) is 10.6 Å². The SMILES string of the molecule is O=C(O)[C@H](CSSC[C@H](NC1CCCCN1[O-])C(=O)O)NC1CCCCN1[O-]. The lowest BCUT2D eigenvalue weighted by atomic mass is 10.1. The number of hydroxylamine groups is 4. The minimum Gasteiger partial charge on any atom is -0.784 e. The second kappa shape index (κ2) is 12.2. The molecule has 2 heterocycles. The van der Waals surface area contributed by atoms with Crippen molar-refractivity contribution in [3.05, 3.63) is 10.4 Å². The van der Waals surface area contributed by atoms with Gasteiger partial charge in [0.2, 0.25) is 0 Å². The van der Waals surface area contributed by atoms with E-state index in [4.69, 9.17) is 0 Å². The van der Waals surface area contributed by atoms with Crippen LogP contribution in [-0.4, -0.2) is 81.3 Å². The van der Waals surface area contributed by atoms with E-state index in [1.54, 1.807) is 0 Å². The summed E-state index contributed by atoms with van der Waals surface area (Å²) in [7, 11) is 2.49. The van der Waals surface area contributed by atoms with E-state index < -0.39 is 36.4 Å². The number of carbonyl (C=O) groups is 2. The first kappa shape index (κ1) is 23.7. The average Bonchev–Trinajstić information content (AvgIpc) is 2.65. The second-order valence-electron chi connectivity index (χ2n) is 6.99. The third-order valence-electron chi connectivity index (χ3n) is 4.84. The summed E-state index contributed by atoms with van der Waals surface area (Å²) in [5, 5.41) is 49.9. The number of nitrogens with zero attached hydrogens (tertiary/aromatic N) is 2. The summed E-state index contributed by atoms with van der Waals surface area (Å²) in [6.07, 6.45) is 3.63. The predicted octanol–water partition coefficient (Wildman–Crippen LogP) is 1.07. The van der Waals surface area contributed by atoms with E-state index in [9.17, 15) is 30.2 Å². The van der Waals surface area contributed by atoms with Gasteiger partial charge in [-0.1, -0.05) is 21.6 Å². The van der Waals surface area contributed by atoms with Crippen molar-refractivity contribution in [3.63, 3.8) is 0 Å². The molecule has 162 valence electrons. The van der Waals surface area contributed by atoms with E-state index in [1.807, 2.05) is 0 Å². The lowest BCUT2D eigenvalue weighted by Crippen LogP contribution is -2.53. The summed E-state index contributed by atoms with van der Waals surface area (Å²) in [6, 6.07) is -1.77.